The molecule has 0 spiro atoms. The number of hydrogen-bond donors (Lipinski definition) is 1. The lowest BCUT2D eigenvalue weighted by Gasteiger charge is -2.23. The molecule has 1 N–H and O–H groups in total. The number of carbonyl (C=O) groups is 3. The van der Waals surface area contributed by atoms with Crippen molar-refractivity contribution in [3.8, 4) is 11.5 Å². The fraction of sp³-hybridized carbons (Fsp3) is 0.286. The van der Waals surface area contributed by atoms with Gasteiger partial charge in [-0.25, -0.2) is 4.90 Å². The third-order valence-electron chi connectivity index (χ3n) is 4.82. The second-order valence-corrected chi connectivity index (χ2v) is 7.18. The monoisotopic (exact) mass is 431 g/mol. The number of amides is 3. The van der Waals surface area contributed by atoms with Crippen molar-refractivity contribution < 1.29 is 23.9 Å². The molecular weight excluding hydrogens is 410 g/mol. The Morgan fingerprint density at radius 3 is 2.60 bits per heavy atom. The summed E-state index contributed by atoms with van der Waals surface area (Å²) in [5, 5.41) is 3.12. The summed E-state index contributed by atoms with van der Waals surface area (Å²) in [6, 6.07) is 10.9. The highest BCUT2D eigenvalue weighted by Gasteiger charge is 2.43. The topological polar surface area (TPSA) is 88.2 Å². The second kappa shape index (κ2) is 9.15. The molecule has 0 unspecified atom stereocenters. The summed E-state index contributed by atoms with van der Waals surface area (Å²) in [4.78, 5) is 40.6. The van der Waals surface area contributed by atoms with Crippen molar-refractivity contribution >= 4 is 40.7 Å². The zero-order chi connectivity index (χ0) is 21.8. The first-order valence-corrected chi connectivity index (χ1v) is 9.57. The van der Waals surface area contributed by atoms with E-state index in [0.29, 0.717) is 27.9 Å². The molecule has 30 heavy (non-hydrogen) atoms. The number of carbonyl (C=O) groups excluding carboxylic acids is 3. The highest BCUT2D eigenvalue weighted by atomic mass is 35.5. The highest BCUT2D eigenvalue weighted by Crippen LogP contribution is 2.35. The summed E-state index contributed by atoms with van der Waals surface area (Å²) in [5.74, 6) is -0.245. The first kappa shape index (κ1) is 21.6. The van der Waals surface area contributed by atoms with Crippen LogP contribution in [0.25, 0.3) is 0 Å². The van der Waals surface area contributed by atoms with Crippen LogP contribution in [0.3, 0.4) is 0 Å². The summed E-state index contributed by atoms with van der Waals surface area (Å²) in [6.07, 6.45) is -0.0378. The molecule has 158 valence electrons. The van der Waals surface area contributed by atoms with Crippen LogP contribution in [0.15, 0.2) is 42.5 Å². The third-order valence-corrected chi connectivity index (χ3v) is 5.15. The van der Waals surface area contributed by atoms with Gasteiger partial charge in [-0.15, -0.1) is 0 Å². The van der Waals surface area contributed by atoms with Crippen LogP contribution >= 0.6 is 11.6 Å². The van der Waals surface area contributed by atoms with Gasteiger partial charge in [-0.05, 0) is 31.3 Å². The normalized spacial score (nSPS) is 16.2. The van der Waals surface area contributed by atoms with Crippen LogP contribution in [-0.2, 0) is 14.4 Å². The van der Waals surface area contributed by atoms with E-state index >= 15 is 0 Å². The number of imide groups is 1. The smallest absolute Gasteiger partial charge is 0.251 e. The van der Waals surface area contributed by atoms with Gasteiger partial charge >= 0.3 is 0 Å². The number of nitrogens with one attached hydrogen (secondary N) is 1. The molecular formula is C21H22ClN3O5. The number of methoxy groups -OCH3 is 2. The van der Waals surface area contributed by atoms with Gasteiger partial charge in [0.1, 0.15) is 11.5 Å². The predicted octanol–water partition coefficient (Wildman–Crippen LogP) is 2.56. The minimum atomic E-state index is -0.763. The van der Waals surface area contributed by atoms with E-state index in [0.717, 1.165) is 4.90 Å². The molecule has 0 aliphatic carbocycles. The van der Waals surface area contributed by atoms with Crippen molar-refractivity contribution in [3.63, 3.8) is 0 Å². The van der Waals surface area contributed by atoms with E-state index < -0.39 is 11.9 Å². The Morgan fingerprint density at radius 1 is 1.20 bits per heavy atom. The van der Waals surface area contributed by atoms with Gasteiger partial charge in [0.05, 0.1) is 49.6 Å². The summed E-state index contributed by atoms with van der Waals surface area (Å²) >= 11 is 6.06. The number of halogens is 1. The number of anilines is 2. The molecule has 0 radical (unpaired) electrons. The summed E-state index contributed by atoms with van der Waals surface area (Å²) in [5.41, 5.74) is 0.820. The molecule has 1 aliphatic rings. The average molecular weight is 432 g/mol. The van der Waals surface area contributed by atoms with Gasteiger partial charge in [-0.2, -0.15) is 0 Å². The molecule has 0 saturated carbocycles. The Kier molecular flexibility index (Phi) is 6.59. The molecule has 1 atom stereocenters. The quantitative estimate of drug-likeness (QED) is 0.678. The predicted molar refractivity (Wildman–Crippen MR) is 113 cm³/mol. The number of ether oxygens (including phenoxy) is 2. The lowest BCUT2D eigenvalue weighted by molar-refractivity contribution is -0.123. The largest absolute Gasteiger partial charge is 0.497 e. The molecule has 8 nitrogen and oxygen atoms in total. The Morgan fingerprint density at radius 2 is 1.93 bits per heavy atom. The van der Waals surface area contributed by atoms with Crippen molar-refractivity contribution in [2.75, 3.05) is 38.0 Å². The zero-order valence-electron chi connectivity index (χ0n) is 16.8. The molecule has 0 bridgehead atoms. The Bertz CT molecular complexity index is 981. The molecule has 1 fully saturated rings. The van der Waals surface area contributed by atoms with Crippen molar-refractivity contribution in [1.82, 2.24) is 4.90 Å². The maximum Gasteiger partial charge on any atom is 0.251 e. The van der Waals surface area contributed by atoms with Crippen molar-refractivity contribution in [2.45, 2.75) is 12.5 Å². The van der Waals surface area contributed by atoms with E-state index in [1.165, 1.54) is 14.2 Å². The number of para-hydroxylation sites is 1. The molecule has 0 aromatic heterocycles. The van der Waals surface area contributed by atoms with Crippen molar-refractivity contribution in [1.29, 1.82) is 0 Å². The molecule has 1 aliphatic heterocycles. The van der Waals surface area contributed by atoms with Gasteiger partial charge in [0.25, 0.3) is 5.91 Å². The summed E-state index contributed by atoms with van der Waals surface area (Å²) in [7, 11) is 4.59. The van der Waals surface area contributed by atoms with Gasteiger partial charge in [-0.3, -0.25) is 19.3 Å². The fourth-order valence-corrected chi connectivity index (χ4v) is 3.46. The van der Waals surface area contributed by atoms with Gasteiger partial charge in [-0.1, -0.05) is 23.7 Å². The number of hydrogen-bond acceptors (Lipinski definition) is 6. The first-order chi connectivity index (χ1) is 14.3. The van der Waals surface area contributed by atoms with Crippen LogP contribution in [0.2, 0.25) is 5.02 Å². The number of nitrogens with zero attached hydrogens (tertiary/aromatic N) is 2. The zero-order valence-corrected chi connectivity index (χ0v) is 17.6. The Labute approximate surface area is 179 Å². The van der Waals surface area contributed by atoms with Crippen LogP contribution in [0, 0.1) is 0 Å². The number of benzene rings is 2. The van der Waals surface area contributed by atoms with Crippen LogP contribution in [0.1, 0.15) is 6.42 Å². The van der Waals surface area contributed by atoms with E-state index in [4.69, 9.17) is 21.1 Å². The lowest BCUT2D eigenvalue weighted by Crippen LogP contribution is -2.43. The molecule has 1 heterocycles. The number of rotatable bonds is 7. The Balaban J connectivity index is 1.72. The first-order valence-electron chi connectivity index (χ1n) is 9.19. The van der Waals surface area contributed by atoms with Crippen LogP contribution in [0.4, 0.5) is 11.4 Å². The van der Waals surface area contributed by atoms with Gasteiger partial charge < -0.3 is 14.8 Å². The van der Waals surface area contributed by atoms with E-state index in [1.54, 1.807) is 54.4 Å². The lowest BCUT2D eigenvalue weighted by atomic mass is 10.2. The summed E-state index contributed by atoms with van der Waals surface area (Å²) in [6.45, 7) is -0.0809. The maximum absolute atomic E-state index is 13.0. The van der Waals surface area contributed by atoms with E-state index in [-0.39, 0.29) is 24.8 Å². The van der Waals surface area contributed by atoms with Gasteiger partial charge in [0, 0.05) is 6.07 Å². The summed E-state index contributed by atoms with van der Waals surface area (Å²) < 4.78 is 10.5. The SMILES string of the molecule is COc1ccc(N2C(=O)C[C@@H](N(C)CC(=O)Nc3ccccc3Cl)C2=O)c(OC)c1. The average Bonchev–Trinajstić information content (AvgIpc) is 3.03. The van der Waals surface area contributed by atoms with Gasteiger partial charge in [0.2, 0.25) is 11.8 Å². The van der Waals surface area contributed by atoms with Crippen LogP contribution < -0.4 is 19.7 Å². The standard InChI is InChI=1S/C21H22ClN3O5/c1-24(12-19(26)23-15-7-5-4-6-14(15)22)17-11-20(27)25(21(17)28)16-9-8-13(29-2)10-18(16)30-3/h4-10,17H,11-12H2,1-3H3,(H,23,26)/t17-/m1/s1. The molecule has 2 aromatic rings. The minimum absolute atomic E-state index is 0.0378. The molecule has 9 heteroatoms. The van der Waals surface area contributed by atoms with Crippen molar-refractivity contribution in [2.24, 2.45) is 0 Å². The fourth-order valence-electron chi connectivity index (χ4n) is 3.27. The van der Waals surface area contributed by atoms with Crippen LogP contribution in [0.5, 0.6) is 11.5 Å². The minimum Gasteiger partial charge on any atom is -0.497 e. The highest BCUT2D eigenvalue weighted by molar-refractivity contribution is 6.33. The maximum atomic E-state index is 13.0. The second-order valence-electron chi connectivity index (χ2n) is 6.77. The number of likely N-dealkylation sites (N-methyl/N-ethyl adjacent to an activating group) is 1. The molecule has 2 aromatic carbocycles. The Hall–Kier alpha value is -3.10. The van der Waals surface area contributed by atoms with E-state index in [1.807, 2.05) is 0 Å². The van der Waals surface area contributed by atoms with Gasteiger partial charge in [0.15, 0.2) is 0 Å². The third kappa shape index (κ3) is 4.39. The van der Waals surface area contributed by atoms with E-state index in [9.17, 15) is 14.4 Å². The van der Waals surface area contributed by atoms with E-state index in [2.05, 4.69) is 5.32 Å². The van der Waals surface area contributed by atoms with Crippen LogP contribution in [-0.4, -0.2) is 56.5 Å². The molecule has 1 saturated heterocycles. The van der Waals surface area contributed by atoms with Crippen molar-refractivity contribution in [3.05, 3.63) is 47.5 Å². The molecule has 3 amide bonds. The molecule has 3 rings (SSSR count).